The molecule has 49 nitrogen and oxygen atoms in total. The number of nitrogens with zero attached hydrogens (tertiary/aromatic N) is 13. The second-order valence-electron chi connectivity index (χ2n) is 25.6. The first-order valence-corrected chi connectivity index (χ1v) is 41.7. The molecular weight excluding hydrogens is 1640 g/mol. The van der Waals surface area contributed by atoms with Crippen molar-refractivity contribution in [3.05, 3.63) is 149 Å². The van der Waals surface area contributed by atoms with E-state index in [1.165, 1.54) is 82.2 Å². The highest BCUT2D eigenvalue weighted by Gasteiger charge is 2.54. The van der Waals surface area contributed by atoms with E-state index in [-0.39, 0.29) is 25.1 Å². The molecule has 17 N–H and O–H groups in total. The molecule has 6 saturated heterocycles. The smallest absolute Gasteiger partial charge is 0.388 e. The number of thiol groups is 1. The number of aliphatic hydroxyl groups excluding tert-OH is 6. The van der Waals surface area contributed by atoms with Crippen molar-refractivity contribution in [1.29, 1.82) is 0 Å². The van der Waals surface area contributed by atoms with E-state index in [9.17, 15) is 73.8 Å². The molecule has 6 aliphatic heterocycles. The molecular formula is C59H74N19O30P3S3. The van der Waals surface area contributed by atoms with Gasteiger partial charge in [-0.3, -0.25) is 83.9 Å². The number of nitrogen functional groups attached to an aromatic ring is 3. The van der Waals surface area contributed by atoms with Crippen LogP contribution in [-0.4, -0.2) is 251 Å². The van der Waals surface area contributed by atoms with E-state index >= 15 is 0 Å². The van der Waals surface area contributed by atoms with Gasteiger partial charge in [-0.25, -0.2) is 53.8 Å². The van der Waals surface area contributed by atoms with E-state index in [4.69, 9.17) is 111 Å². The number of fused-ring (bicyclic) bond motifs is 3. The molecule has 0 aliphatic carbocycles. The SMILES string of the molecule is CO[C@H]1C(OP(=O)(S)O[C@H]2O[C@@H](n3cnc4c(N)ccnc43)CC2O)[C@@H](CO)O[C@H]1n1ccc(=O)[nH]c1=O.CO[C@H]1C(OP(O)(=S)O[C@H]2O[C@@H](n3cnc4c(N)ccnc43)CC2O)[C@@H](CO)O[C@H]1n1ccc(=O)[nH]c1=O.CO[C@H]1C(OP(O)(=S)O[C@H]2O[C@@H](n3cnc4c(N)ncnc43)CC2O)[C@@H](CO)O[C@H]1n1ccc(=O)[nH]c1=O. The molecule has 0 amide bonds. The number of imidazole rings is 3. The minimum atomic E-state index is -4.29. The third-order valence-electron chi connectivity index (χ3n) is 18.5. The maximum atomic E-state index is 13.3. The Morgan fingerprint density at radius 2 is 0.798 bits per heavy atom. The van der Waals surface area contributed by atoms with Crippen LogP contribution < -0.4 is 50.9 Å². The first kappa shape index (κ1) is 84.1. The van der Waals surface area contributed by atoms with Gasteiger partial charge in [-0.1, -0.05) is 12.2 Å². The topological polar surface area (TPSA) is 665 Å². The van der Waals surface area contributed by atoms with Gasteiger partial charge in [0, 0.05) is 89.8 Å². The average molecular weight is 1720 g/mol. The number of ether oxygens (including phenoxy) is 9. The van der Waals surface area contributed by atoms with Crippen molar-refractivity contribution in [2.24, 2.45) is 0 Å². The summed E-state index contributed by atoms with van der Waals surface area (Å²) in [6, 6.07) is 6.53. The highest BCUT2D eigenvalue weighted by molar-refractivity contribution is 8.44. The van der Waals surface area contributed by atoms with Crippen molar-refractivity contribution in [1.82, 2.24) is 77.2 Å². The highest BCUT2D eigenvalue weighted by atomic mass is 32.7. The number of aromatic nitrogens is 16. The first-order valence-electron chi connectivity index (χ1n) is 33.8. The number of aromatic amines is 3. The van der Waals surface area contributed by atoms with Gasteiger partial charge in [0.2, 0.25) is 0 Å². The Bertz CT molecular complexity index is 4960. The summed E-state index contributed by atoms with van der Waals surface area (Å²) in [5, 5.41) is 61.2. The Kier molecular flexibility index (Phi) is 25.7. The Balaban J connectivity index is 0.000000149. The van der Waals surface area contributed by atoms with Gasteiger partial charge in [0.15, 0.2) is 60.3 Å². The van der Waals surface area contributed by atoms with E-state index in [2.05, 4.69) is 62.1 Å². The molecule has 114 heavy (non-hydrogen) atoms. The van der Waals surface area contributed by atoms with Crippen LogP contribution in [0.25, 0.3) is 33.5 Å². The molecule has 0 saturated carbocycles. The average Bonchev–Trinajstić information content (AvgIpc) is 1.66. The second kappa shape index (κ2) is 34.8. The van der Waals surface area contributed by atoms with Crippen molar-refractivity contribution >= 4 is 107 Å². The molecule has 6 fully saturated rings. The molecule has 24 atom stereocenters. The minimum Gasteiger partial charge on any atom is -0.397 e. The predicted molar refractivity (Wildman–Crippen MR) is 394 cm³/mol. The van der Waals surface area contributed by atoms with E-state index in [1.54, 1.807) is 21.3 Å². The normalized spacial score (nSPS) is 31.1. The predicted octanol–water partition coefficient (Wildman–Crippen LogP) is -3.71. The molecule has 55 heteroatoms. The van der Waals surface area contributed by atoms with Crippen LogP contribution in [0.4, 0.5) is 17.2 Å². The number of hydrogen-bond acceptors (Lipinski definition) is 40. The first-order chi connectivity index (χ1) is 54.3. The Morgan fingerprint density at radius 1 is 0.465 bits per heavy atom. The van der Waals surface area contributed by atoms with Crippen LogP contribution in [0.15, 0.2) is 115 Å². The van der Waals surface area contributed by atoms with E-state index in [1.807, 2.05) is 0 Å². The minimum absolute atomic E-state index is 0.0407. The summed E-state index contributed by atoms with van der Waals surface area (Å²) in [7, 11) is 3.90. The van der Waals surface area contributed by atoms with Crippen LogP contribution in [0, 0.1) is 0 Å². The van der Waals surface area contributed by atoms with Gasteiger partial charge in [-0.05, 0) is 35.7 Å². The van der Waals surface area contributed by atoms with Crippen molar-refractivity contribution in [3.8, 4) is 0 Å². The Morgan fingerprint density at radius 3 is 1.14 bits per heavy atom. The fourth-order valence-corrected chi connectivity index (χ4v) is 18.2. The summed E-state index contributed by atoms with van der Waals surface area (Å²) >= 11 is 14.4. The van der Waals surface area contributed by atoms with E-state index < -0.39 is 203 Å². The van der Waals surface area contributed by atoms with Crippen LogP contribution >= 0.6 is 32.5 Å². The van der Waals surface area contributed by atoms with Crippen molar-refractivity contribution < 1.29 is 115 Å². The van der Waals surface area contributed by atoms with Gasteiger partial charge in [0.05, 0.1) is 50.2 Å². The van der Waals surface area contributed by atoms with Crippen LogP contribution in [-0.2, 0) is 98.0 Å². The number of H-pyrrole nitrogens is 3. The largest absolute Gasteiger partial charge is 0.397 e. The summed E-state index contributed by atoms with van der Waals surface area (Å²) in [5.41, 5.74) is 16.8. The fourth-order valence-electron chi connectivity index (χ4n) is 13.3. The van der Waals surface area contributed by atoms with Crippen molar-refractivity contribution in [3.63, 3.8) is 0 Å². The number of nitrogens with two attached hydrogens (primary N) is 3. The molecule has 6 aliphatic rings. The highest BCUT2D eigenvalue weighted by Crippen LogP contribution is 2.59. The van der Waals surface area contributed by atoms with E-state index in [0.717, 1.165) is 31.9 Å². The zero-order valence-electron chi connectivity index (χ0n) is 59.2. The van der Waals surface area contributed by atoms with Gasteiger partial charge in [0.1, 0.15) is 115 Å². The van der Waals surface area contributed by atoms with Crippen LogP contribution in [0.3, 0.4) is 0 Å². The number of hydrogen-bond donors (Lipinski definition) is 15. The van der Waals surface area contributed by atoms with Crippen molar-refractivity contribution in [2.75, 3.05) is 58.4 Å². The lowest BCUT2D eigenvalue weighted by Crippen LogP contribution is -2.40. The van der Waals surface area contributed by atoms with Gasteiger partial charge in [-0.15, -0.1) is 0 Å². The monoisotopic (exact) mass is 1720 g/mol. The summed E-state index contributed by atoms with van der Waals surface area (Å²) < 4.78 is 105. The summed E-state index contributed by atoms with van der Waals surface area (Å²) in [5.74, 6) is 0.173. The third kappa shape index (κ3) is 17.7. The number of aliphatic hydroxyl groups is 6. The van der Waals surface area contributed by atoms with Crippen molar-refractivity contribution in [2.45, 2.75) is 149 Å². The lowest BCUT2D eigenvalue weighted by molar-refractivity contribution is -0.134. The summed E-state index contributed by atoms with van der Waals surface area (Å²) in [6.45, 7) is -14.4. The number of anilines is 3. The number of nitrogens with one attached hydrogen (secondary N) is 3. The third-order valence-corrected chi connectivity index (χ3v) is 23.1. The maximum Gasteiger partial charge on any atom is 0.388 e. The number of rotatable bonds is 24. The molecule has 9 aromatic rings. The molecule has 0 radical (unpaired) electrons. The second-order valence-corrected chi connectivity index (χ2v) is 34.0. The zero-order chi connectivity index (χ0) is 81.6. The van der Waals surface area contributed by atoms with Crippen LogP contribution in [0.2, 0.25) is 0 Å². The molecule has 0 bridgehead atoms. The fraction of sp³-hybridized carbons (Fsp3) is 0.508. The molecule has 15 heterocycles. The lowest BCUT2D eigenvalue weighted by Gasteiger charge is -2.28. The number of pyridine rings is 2. The molecule has 15 rings (SSSR count). The Hall–Kier alpha value is -7.81. The maximum absolute atomic E-state index is 13.3. The molecule has 0 spiro atoms. The zero-order valence-corrected chi connectivity index (χ0v) is 64.4. The summed E-state index contributed by atoms with van der Waals surface area (Å²) in [4.78, 5) is 128. The van der Waals surface area contributed by atoms with Gasteiger partial charge in [-0.2, -0.15) is 0 Å². The lowest BCUT2D eigenvalue weighted by atomic mass is 10.1. The molecule has 0 aromatic carbocycles. The van der Waals surface area contributed by atoms with Crippen LogP contribution in [0.5, 0.6) is 0 Å². The number of methoxy groups -OCH3 is 3. The summed E-state index contributed by atoms with van der Waals surface area (Å²) in [6.07, 6.45) is -11.3. The van der Waals surface area contributed by atoms with Crippen LogP contribution in [0.1, 0.15) is 56.6 Å². The molecule has 618 valence electrons. The Labute approximate surface area is 652 Å². The quantitative estimate of drug-likeness (QED) is 0.0204. The van der Waals surface area contributed by atoms with Gasteiger partial charge in [0.25, 0.3) is 16.7 Å². The molecule has 9 unspecified atom stereocenters. The standard InChI is InChI=1S/2C20H25N6O10PS.C19H24N7O10PS/c2*1-32-16-15(11(7-27)33-18(16)25-5-3-12(29)24-20(25)30)35-37(31,38)36-19-10(28)6-13(34-19)26-8-23-14-9(21)2-4-22-17(14)26;1-32-14-13(9(5-27)33-17(14)25-3-2-10(29)24-19(25)30)35-37(31,38)36-18-8(28)4-11(34-18)26-7-23-12-15(20)21-6-22-16(12)26/h2*2-5,8,10-11,13,15-16,18-19,27-28H,6-7H2,1H3,(H2,21,22)(H,31,38)(H,24,29,30);2-3,6-9,11,13-14,17-18,27-28H,4-5H2,1H3,(H,31,38)(H2,20,21,22)(H,24,29,30)/t2*10?,11-,13-,15?,16+,18-,19-,37?;8?,9-,11-,13?,14+,17-,18-,37?/m111/s1. The van der Waals surface area contributed by atoms with Gasteiger partial charge < -0.3 is 100 Å². The van der Waals surface area contributed by atoms with E-state index in [0.29, 0.717) is 44.9 Å². The molecule has 9 aromatic heterocycles. The van der Waals surface area contributed by atoms with Gasteiger partial charge >= 0.3 is 37.3 Å².